The minimum absolute atomic E-state index is 0.00219. The molecule has 3 heterocycles. The van der Waals surface area contributed by atoms with Crippen LogP contribution in [0.15, 0.2) is 4.79 Å². The van der Waals surface area contributed by atoms with E-state index in [-0.39, 0.29) is 23.1 Å². The molecule has 7 N–H and O–H groups in total. The minimum Gasteiger partial charge on any atom is -0.369 e. The highest BCUT2D eigenvalue weighted by Crippen LogP contribution is 2.13. The van der Waals surface area contributed by atoms with Crippen molar-refractivity contribution in [1.29, 1.82) is 0 Å². The fourth-order valence-electron chi connectivity index (χ4n) is 1.42. The topological polar surface area (TPSA) is 168 Å². The van der Waals surface area contributed by atoms with Gasteiger partial charge in [0.25, 0.3) is 5.56 Å². The van der Waals surface area contributed by atoms with Gasteiger partial charge in [-0.25, -0.2) is 4.98 Å². The molecule has 10 heteroatoms. The number of H-pyrrole nitrogens is 3. The molecule has 0 spiro atoms. The summed E-state index contributed by atoms with van der Waals surface area (Å²) in [4.78, 5) is 28.5. The van der Waals surface area contributed by atoms with Crippen molar-refractivity contribution in [2.24, 2.45) is 0 Å². The van der Waals surface area contributed by atoms with Crippen LogP contribution in [0.1, 0.15) is 0 Å². The molecule has 0 atom stereocenters. The highest BCUT2D eigenvalue weighted by molar-refractivity contribution is 5.74. The van der Waals surface area contributed by atoms with Crippen LogP contribution in [-0.2, 0) is 0 Å². The van der Waals surface area contributed by atoms with Crippen molar-refractivity contribution < 1.29 is 0 Å². The van der Waals surface area contributed by atoms with Gasteiger partial charge in [-0.05, 0) is 0 Å². The number of imidazole rings is 1. The fraction of sp³-hybridized carbons (Fsp3) is 0. The van der Waals surface area contributed by atoms with Crippen LogP contribution < -0.4 is 17.0 Å². The zero-order valence-corrected chi connectivity index (χ0v) is 8.35. The second-order valence-electron chi connectivity index (χ2n) is 3.28. The third-order valence-electron chi connectivity index (χ3n) is 2.11. The molecule has 0 unspecified atom stereocenters. The largest absolute Gasteiger partial charge is 0.369 e. The summed E-state index contributed by atoms with van der Waals surface area (Å²) in [5.74, 6) is 0.714. The average Bonchev–Trinajstić information content (AvgIpc) is 2.83. The lowest BCUT2D eigenvalue weighted by Gasteiger charge is -1.89. The molecule has 0 saturated heterocycles. The molecule has 0 aliphatic rings. The van der Waals surface area contributed by atoms with Gasteiger partial charge in [0.15, 0.2) is 22.8 Å². The van der Waals surface area contributed by atoms with Crippen molar-refractivity contribution in [3.63, 3.8) is 0 Å². The average molecular weight is 233 g/mol. The summed E-state index contributed by atoms with van der Waals surface area (Å²) in [5.41, 5.74) is 10.8. The van der Waals surface area contributed by atoms with Gasteiger partial charge in [0, 0.05) is 0 Å². The van der Waals surface area contributed by atoms with E-state index in [0.29, 0.717) is 11.6 Å². The molecular formula is C7H7N9O. The maximum atomic E-state index is 11.5. The Morgan fingerprint density at radius 1 is 1.00 bits per heavy atom. The van der Waals surface area contributed by atoms with Crippen LogP contribution in [0.3, 0.4) is 0 Å². The molecule has 0 aliphatic carbocycles. The number of hydrogen-bond acceptors (Lipinski definition) is 7. The van der Waals surface area contributed by atoms with Crippen molar-refractivity contribution in [2.45, 2.75) is 0 Å². The van der Waals surface area contributed by atoms with Gasteiger partial charge in [0.05, 0.1) is 0 Å². The summed E-state index contributed by atoms with van der Waals surface area (Å²) in [7, 11) is 0. The number of nitrogen functional groups attached to an aromatic ring is 2. The first kappa shape index (κ1) is 9.33. The van der Waals surface area contributed by atoms with E-state index in [1.165, 1.54) is 0 Å². The summed E-state index contributed by atoms with van der Waals surface area (Å²) < 4.78 is 0. The smallest absolute Gasteiger partial charge is 0.278 e. The lowest BCUT2D eigenvalue weighted by Crippen LogP contribution is -2.10. The predicted molar refractivity (Wildman–Crippen MR) is 58.7 cm³/mol. The third kappa shape index (κ3) is 1.39. The fourth-order valence-corrected chi connectivity index (χ4v) is 1.42. The lowest BCUT2D eigenvalue weighted by atomic mass is 10.5. The van der Waals surface area contributed by atoms with Crippen LogP contribution in [0, 0.1) is 0 Å². The van der Waals surface area contributed by atoms with E-state index in [1.807, 2.05) is 0 Å². The standard InChI is InChI=1S/C7H7N9O/c8-6-12-2-1(5(17)14-6)10-3(11-2)4-13-7(9)16-15-4/h(H3,9,13,15,16)(H4,8,10,11,12,14,17). The van der Waals surface area contributed by atoms with Crippen LogP contribution in [-0.4, -0.2) is 35.1 Å². The molecule has 3 aromatic rings. The first-order valence-corrected chi connectivity index (χ1v) is 4.57. The number of rotatable bonds is 1. The van der Waals surface area contributed by atoms with Gasteiger partial charge in [0.1, 0.15) is 0 Å². The first-order valence-electron chi connectivity index (χ1n) is 4.57. The van der Waals surface area contributed by atoms with Gasteiger partial charge in [-0.1, -0.05) is 0 Å². The SMILES string of the molecule is Nc1n[nH]c(-c2nc3nc(N)[nH]c(=O)c3[nH]2)n1. The van der Waals surface area contributed by atoms with Crippen LogP contribution in [0.25, 0.3) is 22.8 Å². The maximum absolute atomic E-state index is 11.5. The normalized spacial score (nSPS) is 11.1. The van der Waals surface area contributed by atoms with Gasteiger partial charge >= 0.3 is 0 Å². The monoisotopic (exact) mass is 233 g/mol. The van der Waals surface area contributed by atoms with E-state index in [1.54, 1.807) is 0 Å². The zero-order chi connectivity index (χ0) is 12.0. The molecule has 3 aromatic heterocycles. The molecule has 17 heavy (non-hydrogen) atoms. The second kappa shape index (κ2) is 3.04. The highest BCUT2D eigenvalue weighted by Gasteiger charge is 2.12. The van der Waals surface area contributed by atoms with Gasteiger partial charge in [-0.3, -0.25) is 14.9 Å². The van der Waals surface area contributed by atoms with E-state index < -0.39 is 5.56 Å². The Labute approximate surface area is 92.5 Å². The van der Waals surface area contributed by atoms with Gasteiger partial charge in [0.2, 0.25) is 11.9 Å². The molecule has 0 bridgehead atoms. The Bertz CT molecular complexity index is 750. The number of aromatic nitrogens is 7. The van der Waals surface area contributed by atoms with Crippen molar-refractivity contribution in [3.05, 3.63) is 10.4 Å². The van der Waals surface area contributed by atoms with E-state index >= 15 is 0 Å². The van der Waals surface area contributed by atoms with Crippen LogP contribution in [0.4, 0.5) is 11.9 Å². The molecule has 10 nitrogen and oxygen atoms in total. The number of nitrogens with two attached hydrogens (primary N) is 2. The van der Waals surface area contributed by atoms with E-state index in [9.17, 15) is 4.79 Å². The summed E-state index contributed by atoms with van der Waals surface area (Å²) in [5, 5.41) is 6.22. The van der Waals surface area contributed by atoms with E-state index in [0.717, 1.165) is 0 Å². The Balaban J connectivity index is 2.27. The minimum atomic E-state index is -0.404. The number of nitrogens with one attached hydrogen (secondary N) is 3. The van der Waals surface area contributed by atoms with E-state index in [4.69, 9.17) is 11.5 Å². The predicted octanol–water partition coefficient (Wildman–Crippen LogP) is -1.40. The van der Waals surface area contributed by atoms with Crippen LogP contribution in [0.5, 0.6) is 0 Å². The second-order valence-corrected chi connectivity index (χ2v) is 3.28. The van der Waals surface area contributed by atoms with Crippen molar-refractivity contribution in [3.8, 4) is 11.6 Å². The summed E-state index contributed by atoms with van der Waals surface area (Å²) >= 11 is 0. The first-order chi connectivity index (χ1) is 8.13. The molecule has 86 valence electrons. The zero-order valence-electron chi connectivity index (χ0n) is 8.35. The van der Waals surface area contributed by atoms with Crippen molar-refractivity contribution in [2.75, 3.05) is 11.5 Å². The van der Waals surface area contributed by atoms with E-state index in [2.05, 4.69) is 35.1 Å². The number of nitrogens with zero attached hydrogens (tertiary/aromatic N) is 4. The maximum Gasteiger partial charge on any atom is 0.278 e. The lowest BCUT2D eigenvalue weighted by molar-refractivity contribution is 1.09. The van der Waals surface area contributed by atoms with Gasteiger partial charge in [-0.2, -0.15) is 9.97 Å². The summed E-state index contributed by atoms with van der Waals surface area (Å²) in [6.07, 6.45) is 0. The van der Waals surface area contributed by atoms with Gasteiger partial charge < -0.3 is 16.5 Å². The van der Waals surface area contributed by atoms with Gasteiger partial charge in [-0.15, -0.1) is 5.10 Å². The number of hydrogen-bond donors (Lipinski definition) is 5. The number of anilines is 2. The Morgan fingerprint density at radius 3 is 2.53 bits per heavy atom. The Morgan fingerprint density at radius 2 is 1.82 bits per heavy atom. The molecule has 0 aromatic carbocycles. The quantitative estimate of drug-likeness (QED) is 0.344. The summed E-state index contributed by atoms with van der Waals surface area (Å²) in [6, 6.07) is 0. The highest BCUT2D eigenvalue weighted by atomic mass is 16.1. The molecule has 3 rings (SSSR count). The summed E-state index contributed by atoms with van der Waals surface area (Å²) in [6.45, 7) is 0. The Hall–Kier alpha value is -2.91. The molecule has 0 aliphatic heterocycles. The number of aromatic amines is 3. The van der Waals surface area contributed by atoms with Crippen molar-refractivity contribution in [1.82, 2.24) is 35.1 Å². The van der Waals surface area contributed by atoms with Crippen LogP contribution in [0.2, 0.25) is 0 Å². The molecule has 0 radical (unpaired) electrons. The third-order valence-corrected chi connectivity index (χ3v) is 2.11. The molecule has 0 saturated carbocycles. The molecule has 0 amide bonds. The van der Waals surface area contributed by atoms with Crippen molar-refractivity contribution >= 4 is 23.1 Å². The molecular weight excluding hydrogens is 226 g/mol. The number of fused-ring (bicyclic) bond motifs is 1. The molecule has 0 fully saturated rings. The van der Waals surface area contributed by atoms with Crippen LogP contribution >= 0.6 is 0 Å². The Kier molecular flexibility index (Phi) is 1.67.